The second kappa shape index (κ2) is 23.0. The van der Waals surface area contributed by atoms with Crippen molar-refractivity contribution in [3.05, 3.63) is 295 Å². The molecule has 0 spiro atoms. The monoisotopic (exact) mass is 1310 g/mol. The number of pyridine rings is 1. The maximum atomic E-state index is 10.3. The van der Waals surface area contributed by atoms with Gasteiger partial charge in [-0.3, -0.25) is 13.7 Å². The van der Waals surface area contributed by atoms with Crippen LogP contribution in [-0.4, -0.2) is 22.2 Å². The van der Waals surface area contributed by atoms with Crippen molar-refractivity contribution in [1.29, 1.82) is 0 Å². The van der Waals surface area contributed by atoms with Gasteiger partial charge in [0.2, 0.25) is 0 Å². The quantitative estimate of drug-likeness (QED) is 0.0625. The zero-order chi connectivity index (χ0) is 80.9. The number of imidazole rings is 1. The third-order valence-corrected chi connectivity index (χ3v) is 24.8. The summed E-state index contributed by atoms with van der Waals surface area (Å²) in [5.41, 5.74) is 14.1. The van der Waals surface area contributed by atoms with Crippen LogP contribution in [0.5, 0.6) is 11.5 Å². The highest BCUT2D eigenvalue weighted by atomic mass is 28.3. The number of fused-ring (bicyclic) bond motifs is 11. The number of benzene rings is 11. The molecule has 484 valence electrons. The fourth-order valence-electron chi connectivity index (χ4n) is 15.1. The first-order valence-electron chi connectivity index (χ1n) is 41.3. The second-order valence-corrected chi connectivity index (χ2v) is 34.5. The Balaban J connectivity index is 1.12. The third-order valence-electron chi connectivity index (χ3n) is 20.7. The molecule has 0 unspecified atom stereocenters. The van der Waals surface area contributed by atoms with E-state index < -0.39 is 120 Å². The minimum atomic E-state index is -5.86. The van der Waals surface area contributed by atoms with E-state index in [0.717, 1.165) is 90.5 Å². The summed E-state index contributed by atoms with van der Waals surface area (Å²) in [6, 6.07) is 42.3. The number of para-hydroxylation sites is 1. The van der Waals surface area contributed by atoms with Crippen LogP contribution in [0, 0.1) is 6.33 Å². The number of hydrogen-bond donors (Lipinski definition) is 0. The van der Waals surface area contributed by atoms with Gasteiger partial charge in [-0.15, -0.1) is 0 Å². The summed E-state index contributed by atoms with van der Waals surface area (Å²) in [5, 5.41) is 0.130. The minimum Gasteiger partial charge on any atom is -0.458 e. The zero-order valence-corrected chi connectivity index (χ0v) is 58.8. The predicted octanol–water partition coefficient (Wildman–Crippen LogP) is 20.6. The van der Waals surface area contributed by atoms with Crippen molar-refractivity contribution in [3.8, 4) is 73.2 Å². The van der Waals surface area contributed by atoms with Crippen molar-refractivity contribution in [2.45, 2.75) is 130 Å². The van der Waals surface area contributed by atoms with Gasteiger partial charge in [0.1, 0.15) is 17.3 Å². The van der Waals surface area contributed by atoms with Gasteiger partial charge in [0, 0.05) is 23.0 Å². The Labute approximate surface area is 600 Å². The van der Waals surface area contributed by atoms with E-state index in [1.54, 1.807) is 12.1 Å². The van der Waals surface area contributed by atoms with E-state index in [2.05, 4.69) is 178 Å². The van der Waals surface area contributed by atoms with E-state index in [0.29, 0.717) is 45.0 Å². The van der Waals surface area contributed by atoms with Crippen LogP contribution in [-0.2, 0) is 27.1 Å². The second-order valence-electron chi connectivity index (χ2n) is 31.0. The Bertz CT molecular complexity index is 6180. The predicted molar refractivity (Wildman–Crippen MR) is 413 cm³/mol. The van der Waals surface area contributed by atoms with Gasteiger partial charge in [-0.2, -0.15) is 0 Å². The SMILES string of the molecule is [2H]c1c([2H])c([2H])c([Si](c2cc3c4c(c2)n(-c2cccc(Oc5ccc6c7ccccc7n(-c7cc(C(C)(C)C)ccn7)c6c5)c2)[c-][n+]4-c2c(-c4ccc(C(C)(C)C)cc4)cc(C(C)(C)C)cc2-c2cc4c(cc2-c2ccccc2-3)C(C)(C)CCC4(C)C)(c2c([2H])c([2H])c([2H])c([2H])c2[2H])c2c([2H])c([2H])c([2H])c([2H])c2[2H])c([2H])c1[2H]. The number of ether oxygens (including phenoxy) is 1. The highest BCUT2D eigenvalue weighted by molar-refractivity contribution is 7.20. The molecule has 0 fully saturated rings. The lowest BCUT2D eigenvalue weighted by atomic mass is 9.62. The number of rotatable bonds is 9. The lowest BCUT2D eigenvalue weighted by molar-refractivity contribution is -0.570. The molecule has 16 rings (SSSR count). The topological polar surface area (TPSA) is 35.9 Å². The van der Waals surface area contributed by atoms with Crippen molar-refractivity contribution < 1.29 is 29.9 Å². The molecule has 4 heterocycles. The van der Waals surface area contributed by atoms with E-state index in [4.69, 9.17) is 13.8 Å². The third kappa shape index (κ3) is 10.4. The van der Waals surface area contributed by atoms with Crippen LogP contribution in [0.2, 0.25) is 0 Å². The molecule has 5 nitrogen and oxygen atoms in total. The Morgan fingerprint density at radius 2 is 1.00 bits per heavy atom. The molecule has 14 aromatic rings. The molecule has 11 aromatic carbocycles. The average molecular weight is 1310 g/mol. The summed E-state index contributed by atoms with van der Waals surface area (Å²) in [5.74, 6) is 1.62. The Kier molecular flexibility index (Phi) is 11.2. The lowest BCUT2D eigenvalue weighted by Crippen LogP contribution is -2.74. The number of nitrogens with zero attached hydrogens (tertiary/aromatic N) is 4. The Morgan fingerprint density at radius 3 is 1.61 bits per heavy atom. The van der Waals surface area contributed by atoms with Crippen molar-refractivity contribution >= 4 is 61.7 Å². The molecular formula is C92H86N4OSi. The maximum absolute atomic E-state index is 10.3. The first-order chi connectivity index (χ1) is 53.2. The van der Waals surface area contributed by atoms with Crippen LogP contribution in [0.25, 0.3) is 94.5 Å². The van der Waals surface area contributed by atoms with Gasteiger partial charge in [0.05, 0.1) is 54.0 Å². The first kappa shape index (κ1) is 47.7. The van der Waals surface area contributed by atoms with Gasteiger partial charge in [-0.25, -0.2) is 4.98 Å². The molecular weight excluding hydrogens is 1210 g/mol. The molecule has 6 heteroatoms. The van der Waals surface area contributed by atoms with Gasteiger partial charge in [0.25, 0.3) is 6.33 Å². The van der Waals surface area contributed by atoms with Crippen molar-refractivity contribution in [2.24, 2.45) is 0 Å². The molecule has 0 atom stereocenters. The summed E-state index contributed by atoms with van der Waals surface area (Å²) >= 11 is 0. The van der Waals surface area contributed by atoms with Gasteiger partial charge in [0.15, 0.2) is 8.07 Å². The van der Waals surface area contributed by atoms with E-state index >= 15 is 0 Å². The standard InChI is InChI=1S/C92H86N4OSi/c1-88(2,3)61-42-40-60(41-43-61)75-50-63(90(7,8)9)51-78-77-58-81-80(91(10,11)47-48-92(81,12)13)57-76(77)71-36-23-24-37-72(71)79-55-70(98(67-30-17-14-18-31-67,68-32-19-15-20-33-68)69-34-21-16-22-35-69)56-84-87(79)95(86(75)78)59-94(84)64-28-27-29-65(53-64)97-66-44-45-74-73-38-25-26-39-82(73)96(83(74)54-66)85-52-62(46-49-93-85)89(4,5)6/h14-46,49-58H,47-48H2,1-13H3/i14D,15D,16D,17D,18D,19D,20D,21D,22D,30D,31D,32D,33D,34D,35D. The highest BCUT2D eigenvalue weighted by Crippen LogP contribution is 2.53. The highest BCUT2D eigenvalue weighted by Gasteiger charge is 2.44. The first-order valence-corrected chi connectivity index (χ1v) is 35.8. The van der Waals surface area contributed by atoms with Gasteiger partial charge >= 0.3 is 0 Å². The molecule has 1 aliphatic carbocycles. The van der Waals surface area contributed by atoms with Crippen LogP contribution >= 0.6 is 0 Å². The summed E-state index contributed by atoms with van der Waals surface area (Å²) < 4.78 is 160. The van der Waals surface area contributed by atoms with E-state index in [9.17, 15) is 16.4 Å². The smallest absolute Gasteiger partial charge is 0.269 e. The van der Waals surface area contributed by atoms with Crippen LogP contribution in [0.1, 0.15) is 151 Å². The molecule has 0 saturated heterocycles. The molecule has 0 saturated carbocycles. The summed E-state index contributed by atoms with van der Waals surface area (Å²) in [4.78, 5) is 4.95. The fraction of sp³-hybridized carbons (Fsp3) is 0.217. The van der Waals surface area contributed by atoms with E-state index in [1.165, 1.54) is 11.1 Å². The Hall–Kier alpha value is -10.1. The zero-order valence-electron chi connectivity index (χ0n) is 72.8. The number of hydrogen-bond acceptors (Lipinski definition) is 2. The molecule has 0 bridgehead atoms. The van der Waals surface area contributed by atoms with Gasteiger partial charge in [-0.05, 0) is 188 Å². The van der Waals surface area contributed by atoms with E-state index in [1.807, 2.05) is 89.6 Å². The summed E-state index contributed by atoms with van der Waals surface area (Å²) in [6.07, 6.45) is 7.63. The number of aromatic nitrogens is 4. The van der Waals surface area contributed by atoms with Crippen LogP contribution in [0.15, 0.2) is 261 Å². The van der Waals surface area contributed by atoms with Crippen molar-refractivity contribution in [3.63, 3.8) is 0 Å². The molecule has 1 aliphatic heterocycles. The summed E-state index contributed by atoms with van der Waals surface area (Å²) in [6.45, 7) is 28.9. The van der Waals surface area contributed by atoms with Crippen molar-refractivity contribution in [2.75, 3.05) is 0 Å². The minimum absolute atomic E-state index is 0.0574. The van der Waals surface area contributed by atoms with Gasteiger partial charge < -0.3 is 4.74 Å². The normalized spacial score (nSPS) is 16.4. The van der Waals surface area contributed by atoms with Crippen LogP contribution < -0.4 is 30.1 Å². The van der Waals surface area contributed by atoms with Crippen molar-refractivity contribution in [1.82, 2.24) is 14.1 Å². The largest absolute Gasteiger partial charge is 0.458 e. The van der Waals surface area contributed by atoms with Gasteiger partial charge in [-0.1, -0.05) is 284 Å². The van der Waals surface area contributed by atoms with E-state index in [-0.39, 0.29) is 26.8 Å². The molecule has 3 aromatic heterocycles. The maximum Gasteiger partial charge on any atom is 0.269 e. The summed E-state index contributed by atoms with van der Waals surface area (Å²) in [7, 11) is -5.86. The molecule has 98 heavy (non-hydrogen) atoms. The Morgan fingerprint density at radius 1 is 0.449 bits per heavy atom. The fourth-order valence-corrected chi connectivity index (χ4v) is 18.9. The molecule has 0 N–H and O–H groups in total. The van der Waals surface area contributed by atoms with Crippen LogP contribution in [0.4, 0.5) is 0 Å². The average Bonchev–Trinajstić information content (AvgIpc) is 1.46. The molecule has 0 radical (unpaired) electrons. The molecule has 2 aliphatic rings. The van der Waals surface area contributed by atoms with Crippen LogP contribution in [0.3, 0.4) is 0 Å². The lowest BCUT2D eigenvalue weighted by Gasteiger charge is -2.42. The molecule has 0 amide bonds.